The van der Waals surface area contributed by atoms with Gasteiger partial charge in [0, 0.05) is 0 Å². The standard InChI is InChI=1S/C18H36/c1-16(2)12-8-5-6-9-13-18(17(3)4)14-10-7-11-15-18/h16-17H,5-15H2,1-4H3. The fraction of sp³-hybridized carbons (Fsp3) is 1.00. The van der Waals surface area contributed by atoms with Crippen LogP contribution < -0.4 is 0 Å². The fourth-order valence-corrected chi connectivity index (χ4v) is 3.76. The van der Waals surface area contributed by atoms with Crippen LogP contribution >= 0.6 is 0 Å². The average Bonchev–Trinajstić information content (AvgIpc) is 2.34. The van der Waals surface area contributed by atoms with Crippen LogP contribution in [0, 0.1) is 17.3 Å². The zero-order valence-corrected chi connectivity index (χ0v) is 13.4. The number of rotatable bonds is 8. The largest absolute Gasteiger partial charge is 0.0628 e. The average molecular weight is 252 g/mol. The van der Waals surface area contributed by atoms with Gasteiger partial charge in [0.1, 0.15) is 0 Å². The second-order valence-electron chi connectivity index (χ2n) is 7.42. The van der Waals surface area contributed by atoms with Gasteiger partial charge in [0.2, 0.25) is 0 Å². The molecule has 0 bridgehead atoms. The van der Waals surface area contributed by atoms with E-state index in [4.69, 9.17) is 0 Å². The van der Waals surface area contributed by atoms with Crippen LogP contribution in [0.1, 0.15) is 98.3 Å². The smallest absolute Gasteiger partial charge is 0.0274 e. The molecule has 0 radical (unpaired) electrons. The van der Waals surface area contributed by atoms with E-state index in [0.29, 0.717) is 0 Å². The molecule has 0 aromatic carbocycles. The summed E-state index contributed by atoms with van der Waals surface area (Å²) in [5.41, 5.74) is 0.719. The third kappa shape index (κ3) is 5.33. The maximum Gasteiger partial charge on any atom is -0.0274 e. The van der Waals surface area contributed by atoms with Crippen molar-refractivity contribution < 1.29 is 0 Å². The van der Waals surface area contributed by atoms with E-state index < -0.39 is 0 Å². The van der Waals surface area contributed by atoms with E-state index in [9.17, 15) is 0 Å². The quantitative estimate of drug-likeness (QED) is 0.427. The van der Waals surface area contributed by atoms with Gasteiger partial charge in [-0.2, -0.15) is 0 Å². The Balaban J connectivity index is 2.18. The van der Waals surface area contributed by atoms with E-state index in [2.05, 4.69) is 27.7 Å². The lowest BCUT2D eigenvalue weighted by Crippen LogP contribution is -2.29. The van der Waals surface area contributed by atoms with E-state index in [1.807, 2.05) is 0 Å². The SMILES string of the molecule is CC(C)CCCCCCC1(C(C)C)CCCCC1. The molecular formula is C18H36. The Morgan fingerprint density at radius 2 is 1.39 bits per heavy atom. The molecule has 1 fully saturated rings. The lowest BCUT2D eigenvalue weighted by molar-refractivity contribution is 0.101. The topological polar surface area (TPSA) is 0 Å². The summed E-state index contributed by atoms with van der Waals surface area (Å²) in [4.78, 5) is 0. The summed E-state index contributed by atoms with van der Waals surface area (Å²) in [5, 5.41) is 0. The summed E-state index contributed by atoms with van der Waals surface area (Å²) in [6.07, 6.45) is 16.3. The first-order valence-corrected chi connectivity index (χ1v) is 8.57. The van der Waals surface area contributed by atoms with Gasteiger partial charge in [-0.15, -0.1) is 0 Å². The highest BCUT2D eigenvalue weighted by atomic mass is 14.4. The van der Waals surface area contributed by atoms with Crippen LogP contribution in [-0.2, 0) is 0 Å². The Bertz CT molecular complexity index is 196. The molecule has 0 spiro atoms. The summed E-state index contributed by atoms with van der Waals surface area (Å²) >= 11 is 0. The van der Waals surface area contributed by atoms with Crippen molar-refractivity contribution in [1.82, 2.24) is 0 Å². The van der Waals surface area contributed by atoms with Gasteiger partial charge in [0.05, 0.1) is 0 Å². The minimum Gasteiger partial charge on any atom is -0.0628 e. The molecule has 0 amide bonds. The van der Waals surface area contributed by atoms with Gasteiger partial charge in [-0.05, 0) is 36.5 Å². The molecule has 0 unspecified atom stereocenters. The lowest BCUT2D eigenvalue weighted by atomic mass is 9.64. The Hall–Kier alpha value is 0. The van der Waals surface area contributed by atoms with Gasteiger partial charge in [-0.3, -0.25) is 0 Å². The Labute approximate surface area is 116 Å². The zero-order chi connectivity index (χ0) is 13.4. The molecule has 0 heterocycles. The first-order valence-electron chi connectivity index (χ1n) is 8.57. The van der Waals surface area contributed by atoms with Crippen molar-refractivity contribution >= 4 is 0 Å². The monoisotopic (exact) mass is 252 g/mol. The van der Waals surface area contributed by atoms with Gasteiger partial charge in [0.25, 0.3) is 0 Å². The van der Waals surface area contributed by atoms with Crippen LogP contribution in [0.4, 0.5) is 0 Å². The molecule has 108 valence electrons. The predicted molar refractivity (Wildman–Crippen MR) is 82.9 cm³/mol. The second kappa shape index (κ2) is 8.23. The molecule has 0 aromatic heterocycles. The predicted octanol–water partition coefficient (Wildman–Crippen LogP) is 6.59. The minimum atomic E-state index is 0.719. The van der Waals surface area contributed by atoms with Crippen molar-refractivity contribution in [1.29, 1.82) is 0 Å². The molecule has 1 saturated carbocycles. The molecule has 0 heteroatoms. The molecule has 0 aromatic rings. The number of unbranched alkanes of at least 4 members (excludes halogenated alkanes) is 3. The van der Waals surface area contributed by atoms with E-state index in [1.165, 1.54) is 70.6 Å². The van der Waals surface area contributed by atoms with E-state index in [1.54, 1.807) is 0 Å². The number of hydrogen-bond acceptors (Lipinski definition) is 0. The summed E-state index contributed by atoms with van der Waals surface area (Å²) in [7, 11) is 0. The molecule has 1 rings (SSSR count). The van der Waals surface area contributed by atoms with Crippen molar-refractivity contribution in [2.75, 3.05) is 0 Å². The van der Waals surface area contributed by atoms with E-state index >= 15 is 0 Å². The van der Waals surface area contributed by atoms with Gasteiger partial charge in [-0.1, -0.05) is 79.1 Å². The van der Waals surface area contributed by atoms with Crippen molar-refractivity contribution in [2.45, 2.75) is 98.3 Å². The molecule has 0 aliphatic heterocycles. The van der Waals surface area contributed by atoms with Crippen LogP contribution in [0.5, 0.6) is 0 Å². The maximum absolute atomic E-state index is 2.46. The third-order valence-electron chi connectivity index (χ3n) is 5.28. The summed E-state index contributed by atoms with van der Waals surface area (Å²) in [5.74, 6) is 1.79. The van der Waals surface area contributed by atoms with Gasteiger partial charge in [0.15, 0.2) is 0 Å². The van der Waals surface area contributed by atoms with Crippen LogP contribution in [-0.4, -0.2) is 0 Å². The third-order valence-corrected chi connectivity index (χ3v) is 5.28. The highest BCUT2D eigenvalue weighted by Gasteiger charge is 2.34. The fourth-order valence-electron chi connectivity index (χ4n) is 3.76. The van der Waals surface area contributed by atoms with Crippen LogP contribution in [0.3, 0.4) is 0 Å². The molecule has 0 saturated heterocycles. The maximum atomic E-state index is 2.46. The Morgan fingerprint density at radius 3 is 1.94 bits per heavy atom. The van der Waals surface area contributed by atoms with Gasteiger partial charge >= 0.3 is 0 Å². The Morgan fingerprint density at radius 1 is 0.778 bits per heavy atom. The first-order chi connectivity index (χ1) is 8.57. The molecule has 0 nitrogen and oxygen atoms in total. The van der Waals surface area contributed by atoms with Crippen molar-refractivity contribution in [3.8, 4) is 0 Å². The second-order valence-corrected chi connectivity index (χ2v) is 7.42. The highest BCUT2D eigenvalue weighted by molar-refractivity contribution is 4.85. The summed E-state index contributed by atoms with van der Waals surface area (Å²) in [6, 6.07) is 0. The van der Waals surface area contributed by atoms with Crippen molar-refractivity contribution in [3.05, 3.63) is 0 Å². The normalized spacial score (nSPS) is 19.7. The van der Waals surface area contributed by atoms with Gasteiger partial charge in [-0.25, -0.2) is 0 Å². The minimum absolute atomic E-state index is 0.719. The molecule has 0 N–H and O–H groups in total. The highest BCUT2D eigenvalue weighted by Crippen LogP contribution is 2.46. The van der Waals surface area contributed by atoms with Crippen molar-refractivity contribution in [2.24, 2.45) is 17.3 Å². The number of hydrogen-bond donors (Lipinski definition) is 0. The molecule has 0 atom stereocenters. The van der Waals surface area contributed by atoms with Crippen LogP contribution in [0.2, 0.25) is 0 Å². The van der Waals surface area contributed by atoms with E-state index in [-0.39, 0.29) is 0 Å². The van der Waals surface area contributed by atoms with Gasteiger partial charge < -0.3 is 0 Å². The zero-order valence-electron chi connectivity index (χ0n) is 13.4. The summed E-state index contributed by atoms with van der Waals surface area (Å²) < 4.78 is 0. The van der Waals surface area contributed by atoms with E-state index in [0.717, 1.165) is 17.3 Å². The molecule has 1 aliphatic rings. The lowest BCUT2D eigenvalue weighted by Gasteiger charge is -2.41. The summed E-state index contributed by atoms with van der Waals surface area (Å²) in [6.45, 7) is 9.61. The van der Waals surface area contributed by atoms with Crippen molar-refractivity contribution in [3.63, 3.8) is 0 Å². The molecule has 1 aliphatic carbocycles. The molecular weight excluding hydrogens is 216 g/mol. The van der Waals surface area contributed by atoms with Crippen LogP contribution in [0.15, 0.2) is 0 Å². The van der Waals surface area contributed by atoms with Crippen LogP contribution in [0.25, 0.3) is 0 Å². The molecule has 18 heavy (non-hydrogen) atoms. The Kier molecular flexibility index (Phi) is 7.34. The first kappa shape index (κ1) is 16.1.